The number of anilines is 1. The molecule has 0 spiro atoms. The summed E-state index contributed by atoms with van der Waals surface area (Å²) in [6, 6.07) is 12.8. The van der Waals surface area contributed by atoms with E-state index in [2.05, 4.69) is 21.2 Å². The van der Waals surface area contributed by atoms with Crippen molar-refractivity contribution in [1.82, 2.24) is 0 Å². The highest BCUT2D eigenvalue weighted by Crippen LogP contribution is 2.36. The first-order chi connectivity index (χ1) is 9.10. The summed E-state index contributed by atoms with van der Waals surface area (Å²) < 4.78 is 0.970. The van der Waals surface area contributed by atoms with E-state index in [9.17, 15) is 10.1 Å². The van der Waals surface area contributed by atoms with Gasteiger partial charge in [-0.25, -0.2) is 0 Å². The Hall–Kier alpha value is -1.53. The van der Waals surface area contributed by atoms with Crippen LogP contribution in [0, 0.1) is 10.1 Å². The summed E-state index contributed by atoms with van der Waals surface area (Å²) in [6.45, 7) is 0. The van der Waals surface area contributed by atoms with Crippen molar-refractivity contribution in [2.75, 3.05) is 12.4 Å². The van der Waals surface area contributed by atoms with Gasteiger partial charge in [-0.3, -0.25) is 10.1 Å². The number of rotatable bonds is 4. The number of nitro benzene ring substituents is 1. The molecular weight excluding hydrogens is 328 g/mol. The number of nitrogens with one attached hydrogen (secondary N) is 1. The molecule has 0 aliphatic heterocycles. The summed E-state index contributed by atoms with van der Waals surface area (Å²) >= 11 is 4.95. The Kier molecular flexibility index (Phi) is 4.44. The van der Waals surface area contributed by atoms with Crippen LogP contribution >= 0.6 is 27.7 Å². The van der Waals surface area contributed by atoms with Crippen LogP contribution in [0.1, 0.15) is 0 Å². The van der Waals surface area contributed by atoms with E-state index in [0.29, 0.717) is 0 Å². The second kappa shape index (κ2) is 6.08. The van der Waals surface area contributed by atoms with Gasteiger partial charge in [-0.05, 0) is 34.1 Å². The van der Waals surface area contributed by atoms with Crippen LogP contribution in [0.15, 0.2) is 56.7 Å². The molecule has 0 aliphatic carbocycles. The summed E-state index contributed by atoms with van der Waals surface area (Å²) in [5, 5.41) is 13.8. The molecule has 2 aromatic rings. The Balaban J connectivity index is 2.37. The molecule has 0 aromatic heterocycles. The Morgan fingerprint density at radius 1 is 1.26 bits per heavy atom. The minimum atomic E-state index is -0.384. The third-order valence-corrected chi connectivity index (χ3v) is 4.46. The summed E-state index contributed by atoms with van der Waals surface area (Å²) in [5.41, 5.74) is 0.810. The zero-order valence-corrected chi connectivity index (χ0v) is 12.5. The molecule has 1 N–H and O–H groups in total. The summed E-state index contributed by atoms with van der Waals surface area (Å²) in [6.07, 6.45) is 0. The maximum atomic E-state index is 10.9. The van der Waals surface area contributed by atoms with Crippen molar-refractivity contribution in [1.29, 1.82) is 0 Å². The van der Waals surface area contributed by atoms with Crippen molar-refractivity contribution in [3.63, 3.8) is 0 Å². The quantitative estimate of drug-likeness (QED) is 0.656. The Morgan fingerprint density at radius 3 is 2.63 bits per heavy atom. The van der Waals surface area contributed by atoms with Crippen molar-refractivity contribution in [2.45, 2.75) is 9.79 Å². The van der Waals surface area contributed by atoms with Gasteiger partial charge >= 0.3 is 0 Å². The van der Waals surface area contributed by atoms with E-state index in [4.69, 9.17) is 0 Å². The molecule has 4 nitrogen and oxygen atoms in total. The Labute approximate surface area is 123 Å². The zero-order valence-electron chi connectivity index (χ0n) is 10.1. The molecule has 0 saturated carbocycles. The molecule has 6 heteroatoms. The fraction of sp³-hybridized carbons (Fsp3) is 0.0769. The van der Waals surface area contributed by atoms with E-state index in [1.165, 1.54) is 17.8 Å². The van der Waals surface area contributed by atoms with Gasteiger partial charge in [0, 0.05) is 39.1 Å². The fourth-order valence-corrected chi connectivity index (χ4v) is 3.01. The minimum Gasteiger partial charge on any atom is -0.388 e. The third-order valence-electron chi connectivity index (χ3n) is 2.46. The molecule has 0 fully saturated rings. The lowest BCUT2D eigenvalue weighted by molar-refractivity contribution is -0.385. The van der Waals surface area contributed by atoms with Crippen LogP contribution in [0.5, 0.6) is 0 Å². The highest BCUT2D eigenvalue weighted by molar-refractivity contribution is 9.10. The van der Waals surface area contributed by atoms with Crippen LogP contribution in [0.25, 0.3) is 0 Å². The molecule has 0 saturated heterocycles. The summed E-state index contributed by atoms with van der Waals surface area (Å²) in [5.74, 6) is 0. The van der Waals surface area contributed by atoms with Crippen molar-refractivity contribution < 1.29 is 4.92 Å². The number of hydrogen-bond donors (Lipinski definition) is 1. The molecule has 19 heavy (non-hydrogen) atoms. The Bertz CT molecular complexity index is 619. The minimum absolute atomic E-state index is 0.0846. The lowest BCUT2D eigenvalue weighted by Gasteiger charge is -2.06. The number of benzene rings is 2. The Morgan fingerprint density at radius 2 is 2.00 bits per heavy atom. The van der Waals surface area contributed by atoms with Gasteiger partial charge in [0.1, 0.15) is 0 Å². The van der Waals surface area contributed by atoms with Crippen molar-refractivity contribution in [2.24, 2.45) is 0 Å². The molecule has 0 heterocycles. The van der Waals surface area contributed by atoms with Gasteiger partial charge < -0.3 is 5.32 Å². The first kappa shape index (κ1) is 13.9. The average Bonchev–Trinajstić information content (AvgIpc) is 2.41. The molecule has 0 amide bonds. The van der Waals surface area contributed by atoms with Gasteiger partial charge in [-0.1, -0.05) is 23.9 Å². The first-order valence-corrected chi connectivity index (χ1v) is 7.10. The molecule has 0 unspecified atom stereocenters. The lowest BCUT2D eigenvalue weighted by atomic mass is 10.3. The van der Waals surface area contributed by atoms with Crippen LogP contribution in [-0.4, -0.2) is 12.0 Å². The first-order valence-electron chi connectivity index (χ1n) is 5.50. The largest absolute Gasteiger partial charge is 0.388 e. The molecule has 2 rings (SSSR count). The van der Waals surface area contributed by atoms with Crippen LogP contribution in [-0.2, 0) is 0 Å². The van der Waals surface area contributed by atoms with Gasteiger partial charge in [0.05, 0.1) is 4.92 Å². The summed E-state index contributed by atoms with van der Waals surface area (Å²) in [7, 11) is 1.74. The number of hydrogen-bond acceptors (Lipinski definition) is 4. The number of halogens is 1. The highest BCUT2D eigenvalue weighted by atomic mass is 79.9. The fourth-order valence-electron chi connectivity index (χ4n) is 1.55. The van der Waals surface area contributed by atoms with Gasteiger partial charge in [0.15, 0.2) is 0 Å². The standard InChI is InChI=1S/C13H11BrN2O2S/c1-15-9-6-10(16(17)18)8-11(7-9)19-13-5-3-2-4-12(13)14/h2-8,15H,1H3. The van der Waals surface area contributed by atoms with Gasteiger partial charge in [-0.15, -0.1) is 0 Å². The van der Waals surface area contributed by atoms with Crippen LogP contribution < -0.4 is 5.32 Å². The molecule has 2 aromatic carbocycles. The van der Waals surface area contributed by atoms with E-state index in [1.54, 1.807) is 13.1 Å². The SMILES string of the molecule is CNc1cc(Sc2ccccc2Br)cc([N+](=O)[O-])c1. The van der Waals surface area contributed by atoms with E-state index >= 15 is 0 Å². The van der Waals surface area contributed by atoms with E-state index in [1.807, 2.05) is 30.3 Å². The van der Waals surface area contributed by atoms with Crippen molar-refractivity contribution >= 4 is 39.1 Å². The van der Waals surface area contributed by atoms with E-state index < -0.39 is 0 Å². The maximum Gasteiger partial charge on any atom is 0.272 e. The predicted molar refractivity (Wildman–Crippen MR) is 80.9 cm³/mol. The number of nitrogens with zero attached hydrogens (tertiary/aromatic N) is 1. The van der Waals surface area contributed by atoms with Gasteiger partial charge in [0.25, 0.3) is 5.69 Å². The smallest absolute Gasteiger partial charge is 0.272 e. The number of nitro groups is 1. The lowest BCUT2D eigenvalue weighted by Crippen LogP contribution is -1.93. The molecule has 0 radical (unpaired) electrons. The molecule has 98 valence electrons. The van der Waals surface area contributed by atoms with Crippen molar-refractivity contribution in [3.8, 4) is 0 Å². The third kappa shape index (κ3) is 3.48. The highest BCUT2D eigenvalue weighted by Gasteiger charge is 2.11. The second-order valence-corrected chi connectivity index (χ2v) is 5.72. The number of non-ortho nitro benzene ring substituents is 1. The van der Waals surface area contributed by atoms with Crippen LogP contribution in [0.4, 0.5) is 11.4 Å². The van der Waals surface area contributed by atoms with E-state index in [-0.39, 0.29) is 10.6 Å². The summed E-state index contributed by atoms with van der Waals surface area (Å²) in [4.78, 5) is 12.4. The average molecular weight is 339 g/mol. The normalized spacial score (nSPS) is 10.2. The van der Waals surface area contributed by atoms with Crippen LogP contribution in [0.3, 0.4) is 0 Å². The topological polar surface area (TPSA) is 55.2 Å². The van der Waals surface area contributed by atoms with E-state index in [0.717, 1.165) is 20.0 Å². The molecular formula is C13H11BrN2O2S. The van der Waals surface area contributed by atoms with Crippen LogP contribution in [0.2, 0.25) is 0 Å². The monoisotopic (exact) mass is 338 g/mol. The second-order valence-electron chi connectivity index (χ2n) is 3.76. The zero-order chi connectivity index (χ0) is 13.8. The molecule has 0 aliphatic rings. The van der Waals surface area contributed by atoms with Gasteiger partial charge in [0.2, 0.25) is 0 Å². The molecule has 0 bridgehead atoms. The van der Waals surface area contributed by atoms with Gasteiger partial charge in [-0.2, -0.15) is 0 Å². The predicted octanol–water partition coefficient (Wildman–Crippen LogP) is 4.55. The maximum absolute atomic E-state index is 10.9. The molecule has 0 atom stereocenters. The van der Waals surface area contributed by atoms with Crippen molar-refractivity contribution in [3.05, 3.63) is 57.1 Å².